The molecule has 0 aliphatic carbocycles. The first-order valence-electron chi connectivity index (χ1n) is 18.0. The second-order valence-corrected chi connectivity index (χ2v) is 14.7. The van der Waals surface area contributed by atoms with Crippen LogP contribution in [0, 0.1) is 0 Å². The summed E-state index contributed by atoms with van der Waals surface area (Å²) in [6.07, 6.45) is 28.9. The van der Waals surface area contributed by atoms with Gasteiger partial charge in [0.2, 0.25) is 0 Å². The Morgan fingerprint density at radius 1 is 0.705 bits per heavy atom. The third kappa shape index (κ3) is 32.5. The summed E-state index contributed by atoms with van der Waals surface area (Å²) in [6, 6.07) is 0. The number of carbonyl (C=O) groups is 1. The molecule has 0 spiro atoms. The van der Waals surface area contributed by atoms with Crippen molar-refractivity contribution in [1.29, 1.82) is 0 Å². The number of hydrogen-bond donors (Lipinski definition) is 0. The normalized spacial score (nSPS) is 14.1. The number of ether oxygens (including phenoxy) is 2. The molecular formula is C35H70NO7P. The second kappa shape index (κ2) is 29.5. The minimum absolute atomic E-state index is 0.0194. The minimum atomic E-state index is -4.52. The quantitative estimate of drug-likeness (QED) is 0.0230. The van der Waals surface area contributed by atoms with Crippen LogP contribution in [0.5, 0.6) is 0 Å². The molecule has 8 nitrogen and oxygen atoms in total. The number of phosphoric acid groups is 1. The van der Waals surface area contributed by atoms with E-state index in [4.69, 9.17) is 18.5 Å². The van der Waals surface area contributed by atoms with Gasteiger partial charge in [-0.25, -0.2) is 0 Å². The molecule has 0 aromatic rings. The van der Waals surface area contributed by atoms with Gasteiger partial charge in [-0.05, 0) is 25.3 Å². The number of allylic oxidation sites excluding steroid dienone is 1. The first-order valence-corrected chi connectivity index (χ1v) is 19.4. The van der Waals surface area contributed by atoms with Gasteiger partial charge >= 0.3 is 5.97 Å². The van der Waals surface area contributed by atoms with Crippen molar-refractivity contribution in [3.63, 3.8) is 0 Å². The van der Waals surface area contributed by atoms with Crippen LogP contribution in [0.25, 0.3) is 0 Å². The molecule has 0 saturated carbocycles. The van der Waals surface area contributed by atoms with E-state index in [-0.39, 0.29) is 25.8 Å². The molecule has 0 amide bonds. The number of phosphoric ester groups is 1. The fourth-order valence-corrected chi connectivity index (χ4v) is 5.53. The lowest BCUT2D eigenvalue weighted by Gasteiger charge is -2.28. The summed E-state index contributed by atoms with van der Waals surface area (Å²) in [6.45, 7) is 4.70. The molecule has 0 aliphatic heterocycles. The predicted octanol–water partition coefficient (Wildman–Crippen LogP) is 9.26. The monoisotopic (exact) mass is 647 g/mol. The van der Waals surface area contributed by atoms with Gasteiger partial charge < -0.3 is 27.9 Å². The van der Waals surface area contributed by atoms with Gasteiger partial charge in [0.25, 0.3) is 7.82 Å². The molecule has 0 N–H and O–H groups in total. The fraction of sp³-hybridized carbons (Fsp3) is 0.914. The Bertz CT molecular complexity index is 726. The molecule has 0 radical (unpaired) electrons. The number of quaternary nitrogens is 1. The van der Waals surface area contributed by atoms with Crippen molar-refractivity contribution >= 4 is 13.8 Å². The summed E-state index contributed by atoms with van der Waals surface area (Å²) >= 11 is 0. The van der Waals surface area contributed by atoms with Gasteiger partial charge in [-0.2, -0.15) is 0 Å². The van der Waals surface area contributed by atoms with E-state index in [0.717, 1.165) is 32.1 Å². The molecule has 0 bridgehead atoms. The largest absolute Gasteiger partial charge is 0.756 e. The smallest absolute Gasteiger partial charge is 0.306 e. The molecule has 0 fully saturated rings. The average molecular weight is 648 g/mol. The Labute approximate surface area is 271 Å². The maximum Gasteiger partial charge on any atom is 0.306 e. The molecule has 9 heteroatoms. The topological polar surface area (TPSA) is 94.1 Å². The number of hydrogen-bond acceptors (Lipinski definition) is 7. The van der Waals surface area contributed by atoms with Gasteiger partial charge in [-0.3, -0.25) is 9.36 Å². The number of nitrogens with zero attached hydrogens (tertiary/aromatic N) is 1. The highest BCUT2D eigenvalue weighted by molar-refractivity contribution is 7.45. The van der Waals surface area contributed by atoms with E-state index in [1.54, 1.807) is 6.26 Å². The Kier molecular flexibility index (Phi) is 28.9. The van der Waals surface area contributed by atoms with E-state index < -0.39 is 13.9 Å². The zero-order valence-corrected chi connectivity index (χ0v) is 30.3. The van der Waals surface area contributed by atoms with E-state index >= 15 is 0 Å². The lowest BCUT2D eigenvalue weighted by atomic mass is 10.0. The van der Waals surface area contributed by atoms with Crippen molar-refractivity contribution in [2.24, 2.45) is 0 Å². The molecule has 0 rings (SSSR count). The summed E-state index contributed by atoms with van der Waals surface area (Å²) in [7, 11) is 1.33. The van der Waals surface area contributed by atoms with Gasteiger partial charge in [0.05, 0.1) is 34.0 Å². The Balaban J connectivity index is 4.34. The fourth-order valence-electron chi connectivity index (χ4n) is 4.80. The van der Waals surface area contributed by atoms with Crippen LogP contribution in [0.4, 0.5) is 0 Å². The first kappa shape index (κ1) is 43.1. The van der Waals surface area contributed by atoms with Crippen LogP contribution in [0.2, 0.25) is 0 Å². The van der Waals surface area contributed by atoms with Gasteiger partial charge in [-0.15, -0.1) is 0 Å². The van der Waals surface area contributed by atoms with Crippen LogP contribution < -0.4 is 4.89 Å². The van der Waals surface area contributed by atoms with E-state index in [0.29, 0.717) is 17.4 Å². The SMILES string of the molecule is CCCCCCCCCCCCCC/C=C/OC[C@@H](COP(=O)([O-])OCC[N+](C)(C)C)OC(=O)CCCCCCCCCC. The lowest BCUT2D eigenvalue weighted by molar-refractivity contribution is -0.870. The third-order valence-electron chi connectivity index (χ3n) is 7.66. The zero-order chi connectivity index (χ0) is 32.8. The van der Waals surface area contributed by atoms with E-state index in [1.807, 2.05) is 27.2 Å². The highest BCUT2D eigenvalue weighted by atomic mass is 31.2. The summed E-state index contributed by atoms with van der Waals surface area (Å²) in [5.74, 6) is -0.361. The van der Waals surface area contributed by atoms with Gasteiger partial charge in [0.15, 0.2) is 6.10 Å². The van der Waals surface area contributed by atoms with Crippen molar-refractivity contribution in [1.82, 2.24) is 0 Å². The van der Waals surface area contributed by atoms with Crippen LogP contribution in [0.15, 0.2) is 12.3 Å². The number of rotatable bonds is 33. The summed E-state index contributed by atoms with van der Waals surface area (Å²) in [5.41, 5.74) is 0. The Morgan fingerprint density at radius 2 is 1.18 bits per heavy atom. The van der Waals surface area contributed by atoms with Crippen molar-refractivity contribution in [2.45, 2.75) is 161 Å². The third-order valence-corrected chi connectivity index (χ3v) is 8.63. The number of carbonyl (C=O) groups excluding carboxylic acids is 1. The molecular weight excluding hydrogens is 577 g/mol. The van der Waals surface area contributed by atoms with E-state index in [9.17, 15) is 14.3 Å². The van der Waals surface area contributed by atoms with Crippen LogP contribution in [0.1, 0.15) is 155 Å². The molecule has 0 heterocycles. The Hall–Kier alpha value is -0.920. The molecule has 0 aromatic heterocycles. The van der Waals surface area contributed by atoms with E-state index in [2.05, 4.69) is 13.8 Å². The van der Waals surface area contributed by atoms with E-state index in [1.165, 1.54) is 103 Å². The number of esters is 1. The van der Waals surface area contributed by atoms with Gasteiger partial charge in [-0.1, -0.05) is 129 Å². The van der Waals surface area contributed by atoms with Crippen molar-refractivity contribution in [3.05, 3.63) is 12.3 Å². The molecule has 2 atom stereocenters. The maximum atomic E-state index is 12.5. The average Bonchev–Trinajstić information content (AvgIpc) is 2.96. The highest BCUT2D eigenvalue weighted by Gasteiger charge is 2.20. The standard InChI is InChI=1S/C35H70NO7P/c1-6-8-10-12-14-16-17-18-19-20-21-23-25-27-30-40-32-34(33-42-44(38,39)41-31-29-36(3,4)5)43-35(37)28-26-24-22-15-13-11-9-7-2/h27,30,34H,6-26,28-29,31-33H2,1-5H3/b30-27+/t34-/m0/s1. The van der Waals surface area contributed by atoms with Crippen molar-refractivity contribution in [3.8, 4) is 0 Å². The van der Waals surface area contributed by atoms with Crippen LogP contribution in [-0.2, 0) is 27.9 Å². The van der Waals surface area contributed by atoms with Gasteiger partial charge in [0.1, 0.15) is 19.8 Å². The zero-order valence-electron chi connectivity index (χ0n) is 29.4. The number of likely N-dealkylation sites (N-methyl/N-ethyl adjacent to an activating group) is 1. The van der Waals surface area contributed by atoms with Crippen LogP contribution >= 0.6 is 7.82 Å². The van der Waals surface area contributed by atoms with Crippen molar-refractivity contribution in [2.75, 3.05) is 47.5 Å². The molecule has 0 saturated heterocycles. The maximum absolute atomic E-state index is 12.5. The molecule has 44 heavy (non-hydrogen) atoms. The molecule has 262 valence electrons. The molecule has 0 aliphatic rings. The molecule has 1 unspecified atom stereocenters. The molecule has 0 aromatic carbocycles. The van der Waals surface area contributed by atoms with Gasteiger partial charge in [0, 0.05) is 6.42 Å². The first-order chi connectivity index (χ1) is 21.1. The lowest BCUT2D eigenvalue weighted by Crippen LogP contribution is -2.37. The Morgan fingerprint density at radius 3 is 1.68 bits per heavy atom. The summed E-state index contributed by atoms with van der Waals surface area (Å²) < 4.78 is 34.0. The van der Waals surface area contributed by atoms with Crippen LogP contribution in [-0.4, -0.2) is 64.1 Å². The second-order valence-electron chi connectivity index (χ2n) is 13.3. The summed E-state index contributed by atoms with van der Waals surface area (Å²) in [5, 5.41) is 0. The minimum Gasteiger partial charge on any atom is -0.756 e. The van der Waals surface area contributed by atoms with Crippen molar-refractivity contribution < 1.29 is 37.3 Å². The predicted molar refractivity (Wildman–Crippen MR) is 180 cm³/mol. The number of unbranched alkanes of at least 4 members (excludes halogenated alkanes) is 19. The van der Waals surface area contributed by atoms with Crippen LogP contribution in [0.3, 0.4) is 0 Å². The highest BCUT2D eigenvalue weighted by Crippen LogP contribution is 2.38. The summed E-state index contributed by atoms with van der Waals surface area (Å²) in [4.78, 5) is 24.7.